The van der Waals surface area contributed by atoms with E-state index in [2.05, 4.69) is 15.3 Å². The number of fused-ring (bicyclic) bond motifs is 3. The molecule has 0 radical (unpaired) electrons. The van der Waals surface area contributed by atoms with E-state index < -0.39 is 0 Å². The van der Waals surface area contributed by atoms with E-state index in [9.17, 15) is 0 Å². The maximum absolute atomic E-state index is 4.70. The second-order valence-corrected chi connectivity index (χ2v) is 4.81. The van der Waals surface area contributed by atoms with Gasteiger partial charge in [0.15, 0.2) is 5.82 Å². The Morgan fingerprint density at radius 3 is 2.81 bits per heavy atom. The number of para-hydroxylation sites is 2. The van der Waals surface area contributed by atoms with Gasteiger partial charge in [-0.2, -0.15) is 0 Å². The standard InChI is InChI=1S/C16H13N5/c1-2-6-14-13(5-1)20-16(15-10-18-11-21(14)15)19-9-12-4-3-7-17-8-12/h1-8,10-11H,9H2,(H,19,20). The third-order valence-electron chi connectivity index (χ3n) is 3.44. The quantitative estimate of drug-likeness (QED) is 0.624. The van der Waals surface area contributed by atoms with Crippen LogP contribution in [0.1, 0.15) is 5.56 Å². The molecule has 0 aliphatic carbocycles. The fourth-order valence-electron chi connectivity index (χ4n) is 2.42. The summed E-state index contributed by atoms with van der Waals surface area (Å²) in [4.78, 5) is 13.1. The molecule has 0 spiro atoms. The third kappa shape index (κ3) is 2.08. The first kappa shape index (κ1) is 11.8. The second kappa shape index (κ2) is 4.86. The Morgan fingerprint density at radius 1 is 0.952 bits per heavy atom. The third-order valence-corrected chi connectivity index (χ3v) is 3.44. The first-order valence-corrected chi connectivity index (χ1v) is 6.75. The van der Waals surface area contributed by atoms with Crippen molar-refractivity contribution in [2.75, 3.05) is 5.32 Å². The highest BCUT2D eigenvalue weighted by Gasteiger charge is 2.07. The zero-order valence-electron chi connectivity index (χ0n) is 11.3. The van der Waals surface area contributed by atoms with Crippen molar-refractivity contribution in [2.45, 2.75) is 6.54 Å². The summed E-state index contributed by atoms with van der Waals surface area (Å²) in [6, 6.07) is 12.0. The summed E-state index contributed by atoms with van der Waals surface area (Å²) in [5.74, 6) is 0.829. The van der Waals surface area contributed by atoms with Gasteiger partial charge in [0.1, 0.15) is 5.52 Å². The topological polar surface area (TPSA) is 55.1 Å². The lowest BCUT2D eigenvalue weighted by Crippen LogP contribution is -2.04. The van der Waals surface area contributed by atoms with Crippen LogP contribution in [0.4, 0.5) is 5.82 Å². The Bertz CT molecular complexity index is 898. The molecule has 3 aromatic heterocycles. The number of hydrogen-bond donors (Lipinski definition) is 1. The summed E-state index contributed by atoms with van der Waals surface area (Å²) in [6.07, 6.45) is 7.26. The van der Waals surface area contributed by atoms with Gasteiger partial charge in [-0.15, -0.1) is 0 Å². The lowest BCUT2D eigenvalue weighted by molar-refractivity contribution is 1.09. The van der Waals surface area contributed by atoms with Gasteiger partial charge >= 0.3 is 0 Å². The second-order valence-electron chi connectivity index (χ2n) is 4.81. The summed E-state index contributed by atoms with van der Waals surface area (Å²) in [7, 11) is 0. The molecule has 4 aromatic rings. The molecule has 0 aliphatic heterocycles. The Labute approximate surface area is 121 Å². The van der Waals surface area contributed by atoms with E-state index in [1.165, 1.54) is 0 Å². The molecule has 0 saturated heterocycles. The predicted molar refractivity (Wildman–Crippen MR) is 82.1 cm³/mol. The molecule has 21 heavy (non-hydrogen) atoms. The molecule has 0 unspecified atom stereocenters. The molecule has 3 heterocycles. The van der Waals surface area contributed by atoms with Crippen molar-refractivity contribution in [1.29, 1.82) is 0 Å². The van der Waals surface area contributed by atoms with E-state index >= 15 is 0 Å². The average Bonchev–Trinajstić information content (AvgIpc) is 3.04. The first-order valence-electron chi connectivity index (χ1n) is 6.75. The molecule has 0 atom stereocenters. The van der Waals surface area contributed by atoms with Crippen molar-refractivity contribution in [2.24, 2.45) is 0 Å². The molecule has 0 aliphatic rings. The molecule has 4 rings (SSSR count). The first-order chi connectivity index (χ1) is 10.4. The summed E-state index contributed by atoms with van der Waals surface area (Å²) in [5, 5.41) is 3.37. The predicted octanol–water partition coefficient (Wildman–Crippen LogP) is 2.89. The van der Waals surface area contributed by atoms with E-state index in [0.29, 0.717) is 6.54 Å². The molecule has 102 valence electrons. The van der Waals surface area contributed by atoms with Gasteiger partial charge in [0.25, 0.3) is 0 Å². The van der Waals surface area contributed by atoms with Crippen LogP contribution in [0.2, 0.25) is 0 Å². The SMILES string of the molecule is c1cncc(CNc2nc3ccccc3n3cncc23)c1. The number of benzene rings is 1. The maximum atomic E-state index is 4.70. The van der Waals surface area contributed by atoms with Crippen molar-refractivity contribution in [3.8, 4) is 0 Å². The van der Waals surface area contributed by atoms with Crippen LogP contribution in [0, 0.1) is 0 Å². The van der Waals surface area contributed by atoms with E-state index in [0.717, 1.165) is 27.9 Å². The molecule has 0 fully saturated rings. The molecular weight excluding hydrogens is 262 g/mol. The fraction of sp³-hybridized carbons (Fsp3) is 0.0625. The smallest absolute Gasteiger partial charge is 0.153 e. The van der Waals surface area contributed by atoms with E-state index in [1.54, 1.807) is 6.20 Å². The minimum Gasteiger partial charge on any atom is -0.364 e. The van der Waals surface area contributed by atoms with Crippen LogP contribution in [0.25, 0.3) is 16.6 Å². The van der Waals surface area contributed by atoms with E-state index in [1.807, 2.05) is 59.5 Å². The van der Waals surface area contributed by atoms with Crippen molar-refractivity contribution in [3.63, 3.8) is 0 Å². The lowest BCUT2D eigenvalue weighted by atomic mass is 10.2. The summed E-state index contributed by atoms with van der Waals surface area (Å²) < 4.78 is 2.05. The highest BCUT2D eigenvalue weighted by Crippen LogP contribution is 2.21. The number of pyridine rings is 1. The molecule has 5 heteroatoms. The largest absolute Gasteiger partial charge is 0.364 e. The highest BCUT2D eigenvalue weighted by atomic mass is 15.1. The van der Waals surface area contributed by atoms with Gasteiger partial charge in [-0.25, -0.2) is 9.97 Å². The van der Waals surface area contributed by atoms with Crippen LogP contribution in [-0.4, -0.2) is 19.4 Å². The van der Waals surface area contributed by atoms with Crippen molar-refractivity contribution in [1.82, 2.24) is 19.4 Å². The minimum absolute atomic E-state index is 0.681. The van der Waals surface area contributed by atoms with Crippen LogP contribution >= 0.6 is 0 Å². The number of nitrogens with zero attached hydrogens (tertiary/aromatic N) is 4. The fourth-order valence-corrected chi connectivity index (χ4v) is 2.42. The Kier molecular flexibility index (Phi) is 2.74. The van der Waals surface area contributed by atoms with Gasteiger partial charge in [0.05, 0.1) is 23.6 Å². The molecule has 5 nitrogen and oxygen atoms in total. The van der Waals surface area contributed by atoms with Gasteiger partial charge in [-0.1, -0.05) is 18.2 Å². The molecule has 1 aromatic carbocycles. The average molecular weight is 275 g/mol. The van der Waals surface area contributed by atoms with E-state index in [4.69, 9.17) is 4.98 Å². The van der Waals surface area contributed by atoms with Gasteiger partial charge in [-0.05, 0) is 23.8 Å². The van der Waals surface area contributed by atoms with Gasteiger partial charge in [0, 0.05) is 18.9 Å². The van der Waals surface area contributed by atoms with Crippen molar-refractivity contribution >= 4 is 22.4 Å². The number of rotatable bonds is 3. The number of imidazole rings is 1. The molecule has 1 N–H and O–H groups in total. The minimum atomic E-state index is 0.681. The summed E-state index contributed by atoms with van der Waals surface area (Å²) in [5.41, 5.74) is 4.08. The number of nitrogens with one attached hydrogen (secondary N) is 1. The van der Waals surface area contributed by atoms with Crippen LogP contribution in [0.15, 0.2) is 61.3 Å². The Hall–Kier alpha value is -2.95. The molecule has 0 saturated carbocycles. The zero-order valence-corrected chi connectivity index (χ0v) is 11.3. The monoisotopic (exact) mass is 275 g/mol. The van der Waals surface area contributed by atoms with E-state index in [-0.39, 0.29) is 0 Å². The van der Waals surface area contributed by atoms with Gasteiger partial charge in [-0.3, -0.25) is 9.38 Å². The number of aromatic nitrogens is 4. The van der Waals surface area contributed by atoms with Crippen LogP contribution in [0.5, 0.6) is 0 Å². The highest BCUT2D eigenvalue weighted by molar-refractivity contribution is 5.83. The lowest BCUT2D eigenvalue weighted by Gasteiger charge is -2.09. The number of anilines is 1. The Balaban J connectivity index is 1.78. The molecule has 0 bridgehead atoms. The normalized spacial score (nSPS) is 11.0. The Morgan fingerprint density at radius 2 is 1.90 bits per heavy atom. The van der Waals surface area contributed by atoms with Gasteiger partial charge in [0.2, 0.25) is 0 Å². The van der Waals surface area contributed by atoms with Crippen LogP contribution in [0.3, 0.4) is 0 Å². The molecular formula is C16H13N5. The zero-order chi connectivity index (χ0) is 14.1. The van der Waals surface area contributed by atoms with Crippen molar-refractivity contribution < 1.29 is 0 Å². The van der Waals surface area contributed by atoms with Crippen LogP contribution < -0.4 is 5.32 Å². The van der Waals surface area contributed by atoms with Crippen molar-refractivity contribution in [3.05, 3.63) is 66.9 Å². The summed E-state index contributed by atoms with van der Waals surface area (Å²) >= 11 is 0. The number of hydrogen-bond acceptors (Lipinski definition) is 4. The van der Waals surface area contributed by atoms with Crippen LogP contribution in [-0.2, 0) is 6.54 Å². The summed E-state index contributed by atoms with van der Waals surface area (Å²) in [6.45, 7) is 0.681. The maximum Gasteiger partial charge on any atom is 0.153 e. The molecule has 0 amide bonds. The van der Waals surface area contributed by atoms with Gasteiger partial charge < -0.3 is 5.32 Å².